The SMILES string of the molecule is C=C(NC(CC)CCC)c1ccc(-c2ccc(C)cc2)c(C(C)C)c1.CC. The molecule has 2 aromatic rings. The Hall–Kier alpha value is -2.02. The summed E-state index contributed by atoms with van der Waals surface area (Å²) >= 11 is 0. The van der Waals surface area contributed by atoms with Crippen LogP contribution in [0.2, 0.25) is 0 Å². The number of hydrogen-bond donors (Lipinski definition) is 1. The van der Waals surface area contributed by atoms with Gasteiger partial charge in [0.15, 0.2) is 0 Å². The van der Waals surface area contributed by atoms with Gasteiger partial charge in [0.2, 0.25) is 0 Å². The summed E-state index contributed by atoms with van der Waals surface area (Å²) in [6.07, 6.45) is 3.52. The molecule has 2 aromatic carbocycles. The van der Waals surface area contributed by atoms with Gasteiger partial charge in [-0.2, -0.15) is 0 Å². The van der Waals surface area contributed by atoms with Crippen LogP contribution in [-0.2, 0) is 0 Å². The Morgan fingerprint density at radius 3 is 2.15 bits per heavy atom. The fraction of sp³-hybridized carbons (Fsp3) is 0.462. The molecule has 1 atom stereocenters. The zero-order valence-corrected chi connectivity index (χ0v) is 18.5. The first-order chi connectivity index (χ1) is 13.0. The van der Waals surface area contributed by atoms with Crippen molar-refractivity contribution in [3.63, 3.8) is 0 Å². The Labute approximate surface area is 167 Å². The van der Waals surface area contributed by atoms with E-state index in [0.29, 0.717) is 12.0 Å². The minimum atomic E-state index is 0.474. The molecule has 1 unspecified atom stereocenters. The lowest BCUT2D eigenvalue weighted by Gasteiger charge is -2.21. The average Bonchev–Trinajstić information content (AvgIpc) is 2.69. The highest BCUT2D eigenvalue weighted by Crippen LogP contribution is 2.31. The second-order valence-electron chi connectivity index (χ2n) is 7.34. The second-order valence-corrected chi connectivity index (χ2v) is 7.34. The summed E-state index contributed by atoms with van der Waals surface area (Å²) in [5.41, 5.74) is 7.54. The Morgan fingerprint density at radius 2 is 1.63 bits per heavy atom. The highest BCUT2D eigenvalue weighted by Gasteiger charge is 2.12. The fourth-order valence-corrected chi connectivity index (χ4v) is 3.28. The molecule has 0 aliphatic heterocycles. The molecule has 2 rings (SSSR count). The van der Waals surface area contributed by atoms with Crippen molar-refractivity contribution in [3.05, 3.63) is 65.7 Å². The third-order valence-electron chi connectivity index (χ3n) is 4.89. The fourth-order valence-electron chi connectivity index (χ4n) is 3.28. The lowest BCUT2D eigenvalue weighted by molar-refractivity contribution is 0.529. The molecule has 0 bridgehead atoms. The number of nitrogens with one attached hydrogen (secondary N) is 1. The van der Waals surface area contributed by atoms with E-state index < -0.39 is 0 Å². The van der Waals surface area contributed by atoms with E-state index in [-0.39, 0.29) is 0 Å². The largest absolute Gasteiger partial charge is 0.382 e. The minimum absolute atomic E-state index is 0.474. The smallest absolute Gasteiger partial charge is 0.0343 e. The van der Waals surface area contributed by atoms with E-state index in [1.54, 1.807) is 0 Å². The van der Waals surface area contributed by atoms with Gasteiger partial charge in [0.25, 0.3) is 0 Å². The summed E-state index contributed by atoms with van der Waals surface area (Å²) in [6, 6.07) is 16.1. The standard InChI is InChI=1S/C24H33N.C2H6/c1-7-9-22(8-2)25-19(6)21-14-15-23(24(16-21)17(3)4)20-12-10-18(5)11-13-20;1-2/h10-17,22,25H,6-9H2,1-5H3;1-2H3. The maximum Gasteiger partial charge on any atom is 0.0343 e. The highest BCUT2D eigenvalue weighted by molar-refractivity contribution is 5.73. The van der Waals surface area contributed by atoms with Crippen LogP contribution in [0.1, 0.15) is 83.4 Å². The van der Waals surface area contributed by atoms with Crippen LogP contribution in [0.15, 0.2) is 49.0 Å². The molecule has 0 aliphatic carbocycles. The van der Waals surface area contributed by atoms with Crippen molar-refractivity contribution < 1.29 is 0 Å². The molecule has 0 heterocycles. The van der Waals surface area contributed by atoms with Gasteiger partial charge in [0.1, 0.15) is 0 Å². The molecule has 1 N–H and O–H groups in total. The average molecular weight is 366 g/mol. The molecular weight excluding hydrogens is 326 g/mol. The minimum Gasteiger partial charge on any atom is -0.382 e. The zero-order chi connectivity index (χ0) is 20.4. The van der Waals surface area contributed by atoms with Crippen LogP contribution in [0, 0.1) is 6.92 Å². The van der Waals surface area contributed by atoms with Crippen molar-refractivity contribution in [2.45, 2.75) is 79.7 Å². The molecule has 0 saturated heterocycles. The first-order valence-electron chi connectivity index (χ1n) is 10.6. The van der Waals surface area contributed by atoms with Crippen molar-refractivity contribution in [2.75, 3.05) is 0 Å². The molecule has 0 amide bonds. The molecule has 1 heteroatoms. The van der Waals surface area contributed by atoms with E-state index in [2.05, 4.69) is 89.0 Å². The van der Waals surface area contributed by atoms with Crippen molar-refractivity contribution in [3.8, 4) is 11.1 Å². The summed E-state index contributed by atoms with van der Waals surface area (Å²) in [7, 11) is 0. The monoisotopic (exact) mass is 365 g/mol. The van der Waals surface area contributed by atoms with Crippen LogP contribution < -0.4 is 5.32 Å². The number of benzene rings is 2. The van der Waals surface area contributed by atoms with Crippen molar-refractivity contribution >= 4 is 5.70 Å². The van der Waals surface area contributed by atoms with Crippen molar-refractivity contribution in [1.82, 2.24) is 5.32 Å². The lowest BCUT2D eigenvalue weighted by Crippen LogP contribution is -2.26. The van der Waals surface area contributed by atoms with Crippen LogP contribution in [-0.4, -0.2) is 6.04 Å². The molecule has 1 nitrogen and oxygen atoms in total. The van der Waals surface area contributed by atoms with E-state index in [9.17, 15) is 0 Å². The molecule has 0 aromatic heterocycles. The van der Waals surface area contributed by atoms with Gasteiger partial charge in [-0.1, -0.05) is 96.5 Å². The van der Waals surface area contributed by atoms with E-state index in [1.807, 2.05) is 13.8 Å². The van der Waals surface area contributed by atoms with E-state index in [0.717, 1.165) is 12.1 Å². The molecular formula is C26H39N. The zero-order valence-electron chi connectivity index (χ0n) is 18.5. The van der Waals surface area contributed by atoms with Gasteiger partial charge in [-0.05, 0) is 54.0 Å². The van der Waals surface area contributed by atoms with Gasteiger partial charge < -0.3 is 5.32 Å². The third-order valence-corrected chi connectivity index (χ3v) is 4.89. The first kappa shape index (κ1) is 23.0. The van der Waals surface area contributed by atoms with Crippen LogP contribution in [0.3, 0.4) is 0 Å². The van der Waals surface area contributed by atoms with E-state index >= 15 is 0 Å². The molecule has 0 radical (unpaired) electrons. The highest BCUT2D eigenvalue weighted by atomic mass is 14.9. The Kier molecular flexibility index (Phi) is 9.93. The van der Waals surface area contributed by atoms with Gasteiger partial charge in [-0.15, -0.1) is 0 Å². The van der Waals surface area contributed by atoms with Gasteiger partial charge in [0.05, 0.1) is 0 Å². The summed E-state index contributed by atoms with van der Waals surface area (Å²) < 4.78 is 0. The van der Waals surface area contributed by atoms with E-state index in [4.69, 9.17) is 0 Å². The summed E-state index contributed by atoms with van der Waals surface area (Å²) in [5, 5.41) is 3.62. The van der Waals surface area contributed by atoms with Gasteiger partial charge >= 0.3 is 0 Å². The lowest BCUT2D eigenvalue weighted by atomic mass is 9.90. The summed E-state index contributed by atoms with van der Waals surface area (Å²) in [5.74, 6) is 0.474. The Bertz CT molecular complexity index is 695. The maximum atomic E-state index is 4.30. The third kappa shape index (κ3) is 6.57. The van der Waals surface area contributed by atoms with Gasteiger partial charge in [-0.3, -0.25) is 0 Å². The van der Waals surface area contributed by atoms with E-state index in [1.165, 1.54) is 40.7 Å². The van der Waals surface area contributed by atoms with Crippen LogP contribution in [0.5, 0.6) is 0 Å². The normalized spacial score (nSPS) is 11.6. The maximum absolute atomic E-state index is 4.30. The van der Waals surface area contributed by atoms with Crippen LogP contribution in [0.25, 0.3) is 16.8 Å². The van der Waals surface area contributed by atoms with Gasteiger partial charge in [0, 0.05) is 11.7 Å². The van der Waals surface area contributed by atoms with Crippen molar-refractivity contribution in [2.24, 2.45) is 0 Å². The molecule has 0 fully saturated rings. The van der Waals surface area contributed by atoms with Crippen molar-refractivity contribution in [1.29, 1.82) is 0 Å². The summed E-state index contributed by atoms with van der Waals surface area (Å²) in [6.45, 7) is 19.4. The van der Waals surface area contributed by atoms with Crippen LogP contribution in [0.4, 0.5) is 0 Å². The molecule has 148 valence electrons. The molecule has 27 heavy (non-hydrogen) atoms. The Morgan fingerprint density at radius 1 is 1.00 bits per heavy atom. The predicted molar refractivity (Wildman–Crippen MR) is 123 cm³/mol. The number of rotatable bonds is 8. The topological polar surface area (TPSA) is 12.0 Å². The molecule has 0 aliphatic rings. The van der Waals surface area contributed by atoms with Crippen LogP contribution >= 0.6 is 0 Å². The molecule has 0 saturated carbocycles. The quantitative estimate of drug-likeness (QED) is 0.500. The van der Waals surface area contributed by atoms with Gasteiger partial charge in [-0.25, -0.2) is 0 Å². The Balaban J connectivity index is 0.00000176. The predicted octanol–water partition coefficient (Wildman–Crippen LogP) is 7.95. The second kappa shape index (κ2) is 11.6. The number of hydrogen-bond acceptors (Lipinski definition) is 1. The first-order valence-corrected chi connectivity index (χ1v) is 10.6. The number of aryl methyl sites for hydroxylation is 1. The summed E-state index contributed by atoms with van der Waals surface area (Å²) in [4.78, 5) is 0. The molecule has 0 spiro atoms.